The van der Waals surface area contributed by atoms with E-state index in [4.69, 9.17) is 9.98 Å². The number of carbonyl (C=O) groups is 1. The number of carbonyl (C=O) groups excluding carboxylic acids is 1. The lowest BCUT2D eigenvalue weighted by molar-refractivity contribution is 0.0841. The summed E-state index contributed by atoms with van der Waals surface area (Å²) >= 11 is 0. The fraction of sp³-hybridized carbons (Fsp3) is 0.233. The van der Waals surface area contributed by atoms with Crippen LogP contribution in [0, 0.1) is 17.5 Å². The second-order valence-corrected chi connectivity index (χ2v) is 10.3. The summed E-state index contributed by atoms with van der Waals surface area (Å²) in [6, 6.07) is 17.5. The minimum atomic E-state index is -0.696. The maximum atomic E-state index is 14.9. The van der Waals surface area contributed by atoms with Crippen molar-refractivity contribution in [1.29, 1.82) is 0 Å². The minimum Gasteiger partial charge on any atom is -0.305 e. The van der Waals surface area contributed by atoms with Crippen molar-refractivity contribution in [3.63, 3.8) is 0 Å². The third-order valence-corrected chi connectivity index (χ3v) is 7.84. The number of benzene rings is 3. The molecule has 2 aliphatic heterocycles. The number of imidazole rings is 1. The van der Waals surface area contributed by atoms with Gasteiger partial charge < -0.3 is 4.57 Å². The van der Waals surface area contributed by atoms with E-state index in [9.17, 15) is 18.0 Å². The Morgan fingerprint density at radius 2 is 1.62 bits per heavy atom. The van der Waals surface area contributed by atoms with E-state index in [0.717, 1.165) is 18.9 Å². The third kappa shape index (κ3) is 3.67. The number of rotatable bonds is 4. The van der Waals surface area contributed by atoms with Gasteiger partial charge in [-0.1, -0.05) is 30.3 Å². The molecule has 1 amide bonds. The Morgan fingerprint density at radius 3 is 2.28 bits per heavy atom. The fourth-order valence-electron chi connectivity index (χ4n) is 6.07. The standard InChI is InChI=1S/C30H24F3N5O/c1-2-36-28(39)25-27(38-17-30(35-29(36)38)14-19-5-3-4-6-20(19)15-30)37(16-21-9-12-23(32)13-24(21)33)26(34-25)18-7-10-22(31)11-8-18/h3-13H,2,14-17H2,1H3. The zero-order valence-corrected chi connectivity index (χ0v) is 21.2. The van der Waals surface area contributed by atoms with E-state index in [-0.39, 0.29) is 23.7 Å². The molecule has 4 aromatic rings. The summed E-state index contributed by atoms with van der Waals surface area (Å²) in [5.74, 6) is -0.613. The second kappa shape index (κ2) is 8.56. The molecule has 1 spiro atoms. The maximum Gasteiger partial charge on any atom is 0.283 e. The molecular formula is C30H24F3N5O. The van der Waals surface area contributed by atoms with E-state index >= 15 is 0 Å². The van der Waals surface area contributed by atoms with Crippen molar-refractivity contribution < 1.29 is 18.0 Å². The van der Waals surface area contributed by atoms with Crippen LogP contribution in [0.2, 0.25) is 0 Å². The van der Waals surface area contributed by atoms with Crippen molar-refractivity contribution in [3.8, 4) is 11.4 Å². The summed E-state index contributed by atoms with van der Waals surface area (Å²) in [6.45, 7) is 2.82. The molecule has 39 heavy (non-hydrogen) atoms. The van der Waals surface area contributed by atoms with Gasteiger partial charge in [-0.25, -0.2) is 23.1 Å². The van der Waals surface area contributed by atoms with Crippen LogP contribution in [0.4, 0.5) is 19.0 Å². The van der Waals surface area contributed by atoms with Crippen molar-refractivity contribution in [2.75, 3.05) is 18.0 Å². The maximum absolute atomic E-state index is 14.9. The van der Waals surface area contributed by atoms with Gasteiger partial charge in [-0.3, -0.25) is 14.6 Å². The first kappa shape index (κ1) is 23.7. The van der Waals surface area contributed by atoms with Gasteiger partial charge in [0.1, 0.15) is 29.1 Å². The number of nitrogens with zero attached hydrogens (tertiary/aromatic N) is 5. The van der Waals surface area contributed by atoms with Crippen molar-refractivity contribution >= 4 is 17.7 Å². The highest BCUT2D eigenvalue weighted by molar-refractivity contribution is 6.18. The predicted molar refractivity (Wildman–Crippen MR) is 141 cm³/mol. The number of anilines is 1. The molecule has 6 nitrogen and oxygen atoms in total. The number of aliphatic imine (C=N–C) groups is 1. The molecule has 0 N–H and O–H groups in total. The molecule has 3 aliphatic rings. The van der Waals surface area contributed by atoms with Gasteiger partial charge in [0, 0.05) is 36.6 Å². The van der Waals surface area contributed by atoms with Gasteiger partial charge in [0.15, 0.2) is 5.69 Å². The molecule has 3 heterocycles. The zero-order valence-electron chi connectivity index (χ0n) is 21.2. The molecule has 0 saturated carbocycles. The largest absolute Gasteiger partial charge is 0.305 e. The normalized spacial score (nSPS) is 16.9. The molecule has 1 aliphatic carbocycles. The summed E-state index contributed by atoms with van der Waals surface area (Å²) < 4.78 is 44.1. The number of fused-ring (bicyclic) bond motifs is 4. The summed E-state index contributed by atoms with van der Waals surface area (Å²) in [6.07, 6.45) is 1.49. The monoisotopic (exact) mass is 527 g/mol. The first-order valence-corrected chi connectivity index (χ1v) is 12.9. The van der Waals surface area contributed by atoms with Gasteiger partial charge in [-0.05, 0) is 48.4 Å². The van der Waals surface area contributed by atoms with Gasteiger partial charge in [-0.2, -0.15) is 0 Å². The molecule has 1 aromatic heterocycles. The Hall–Kier alpha value is -4.40. The van der Waals surface area contributed by atoms with Gasteiger partial charge in [0.25, 0.3) is 5.91 Å². The Labute approximate surface area is 223 Å². The first-order valence-electron chi connectivity index (χ1n) is 12.9. The molecular weight excluding hydrogens is 503 g/mol. The lowest BCUT2D eigenvalue weighted by atomic mass is 9.97. The van der Waals surface area contributed by atoms with Crippen LogP contribution < -0.4 is 4.90 Å². The first-order chi connectivity index (χ1) is 18.9. The molecule has 3 aromatic carbocycles. The van der Waals surface area contributed by atoms with Crippen LogP contribution >= 0.6 is 0 Å². The highest BCUT2D eigenvalue weighted by Crippen LogP contribution is 2.43. The average molecular weight is 528 g/mol. The Balaban J connectivity index is 1.40. The molecule has 0 atom stereocenters. The fourth-order valence-corrected chi connectivity index (χ4v) is 6.07. The van der Waals surface area contributed by atoms with Crippen LogP contribution in [0.3, 0.4) is 0 Å². The third-order valence-electron chi connectivity index (χ3n) is 7.84. The molecule has 0 fully saturated rings. The predicted octanol–water partition coefficient (Wildman–Crippen LogP) is 5.21. The van der Waals surface area contributed by atoms with E-state index in [1.165, 1.54) is 35.4 Å². The number of guanidine groups is 1. The van der Waals surface area contributed by atoms with E-state index in [1.807, 2.05) is 24.0 Å². The minimum absolute atomic E-state index is 0.00241. The lowest BCUT2D eigenvalue weighted by Gasteiger charge is -2.34. The molecule has 0 unspecified atom stereocenters. The van der Waals surface area contributed by atoms with Gasteiger partial charge >= 0.3 is 0 Å². The van der Waals surface area contributed by atoms with Crippen LogP contribution in [0.5, 0.6) is 0 Å². The Bertz CT molecular complexity index is 1650. The average Bonchev–Trinajstić information content (AvgIpc) is 3.59. The molecule has 196 valence electrons. The summed E-state index contributed by atoms with van der Waals surface area (Å²) in [4.78, 5) is 27.3. The van der Waals surface area contributed by atoms with Crippen LogP contribution in [0.1, 0.15) is 34.1 Å². The number of aromatic nitrogens is 2. The van der Waals surface area contributed by atoms with Crippen molar-refractivity contribution in [3.05, 3.63) is 107 Å². The summed E-state index contributed by atoms with van der Waals surface area (Å²) in [5, 5.41) is 0. The summed E-state index contributed by atoms with van der Waals surface area (Å²) in [5.41, 5.74) is 3.08. The van der Waals surface area contributed by atoms with Crippen LogP contribution in [-0.4, -0.2) is 44.9 Å². The van der Waals surface area contributed by atoms with E-state index in [1.54, 1.807) is 21.6 Å². The van der Waals surface area contributed by atoms with Crippen molar-refractivity contribution in [1.82, 2.24) is 14.5 Å². The smallest absolute Gasteiger partial charge is 0.283 e. The van der Waals surface area contributed by atoms with Crippen LogP contribution in [-0.2, 0) is 19.4 Å². The van der Waals surface area contributed by atoms with E-state index < -0.39 is 23.0 Å². The van der Waals surface area contributed by atoms with Crippen LogP contribution in [0.25, 0.3) is 11.4 Å². The quantitative estimate of drug-likeness (QED) is 0.367. The van der Waals surface area contributed by atoms with E-state index in [0.29, 0.717) is 36.3 Å². The van der Waals surface area contributed by atoms with Gasteiger partial charge in [0.05, 0.1) is 18.6 Å². The Morgan fingerprint density at radius 1 is 0.923 bits per heavy atom. The number of amides is 1. The summed E-state index contributed by atoms with van der Waals surface area (Å²) in [7, 11) is 0. The molecule has 0 bridgehead atoms. The second-order valence-electron chi connectivity index (χ2n) is 10.3. The Kier molecular flexibility index (Phi) is 5.20. The molecule has 0 saturated heterocycles. The van der Waals surface area contributed by atoms with E-state index in [2.05, 4.69) is 12.1 Å². The van der Waals surface area contributed by atoms with Crippen molar-refractivity contribution in [2.45, 2.75) is 31.8 Å². The number of hydrogen-bond acceptors (Lipinski definition) is 4. The number of hydrogen-bond donors (Lipinski definition) is 0. The highest BCUT2D eigenvalue weighted by atomic mass is 19.1. The van der Waals surface area contributed by atoms with Crippen LogP contribution in [0.15, 0.2) is 71.7 Å². The SMILES string of the molecule is CCN1C(=O)c2nc(-c3ccc(F)cc3)n(Cc3ccc(F)cc3F)c2N2CC3(Cc4ccccc4C3)N=C12. The lowest BCUT2D eigenvalue weighted by Crippen LogP contribution is -2.51. The topological polar surface area (TPSA) is 53.7 Å². The molecule has 0 radical (unpaired) electrons. The highest BCUT2D eigenvalue weighted by Gasteiger charge is 2.51. The van der Waals surface area contributed by atoms with Crippen molar-refractivity contribution in [2.24, 2.45) is 4.99 Å². The molecule has 9 heteroatoms. The molecule has 7 rings (SSSR count). The zero-order chi connectivity index (χ0) is 26.9. The van der Waals surface area contributed by atoms with Gasteiger partial charge in [-0.15, -0.1) is 0 Å². The number of halogens is 3. The van der Waals surface area contributed by atoms with Gasteiger partial charge in [0.2, 0.25) is 5.96 Å².